The van der Waals surface area contributed by atoms with E-state index >= 15 is 0 Å². The highest BCUT2D eigenvalue weighted by molar-refractivity contribution is 7.89. The van der Waals surface area contributed by atoms with Crippen LogP contribution < -0.4 is 0 Å². The lowest BCUT2D eigenvalue weighted by molar-refractivity contribution is 0.303. The lowest BCUT2D eigenvalue weighted by Crippen LogP contribution is -2.35. The molecule has 1 aliphatic heterocycles. The van der Waals surface area contributed by atoms with Crippen LogP contribution in [0.1, 0.15) is 24.9 Å². The second-order valence-electron chi connectivity index (χ2n) is 6.69. The van der Waals surface area contributed by atoms with Crippen LogP contribution in [0.4, 0.5) is 0 Å². The first kappa shape index (κ1) is 17.2. The minimum Gasteiger partial charge on any atom is -0.336 e. The van der Waals surface area contributed by atoms with Crippen LogP contribution in [0.5, 0.6) is 0 Å². The van der Waals surface area contributed by atoms with Gasteiger partial charge in [0.25, 0.3) is 5.71 Å². The summed E-state index contributed by atoms with van der Waals surface area (Å²) in [4.78, 5) is 8.61. The van der Waals surface area contributed by atoms with E-state index in [1.54, 1.807) is 19.3 Å². The molecule has 0 spiro atoms. The van der Waals surface area contributed by atoms with Gasteiger partial charge in [0.1, 0.15) is 10.7 Å². The van der Waals surface area contributed by atoms with Gasteiger partial charge in [0.05, 0.1) is 17.3 Å². The summed E-state index contributed by atoms with van der Waals surface area (Å²) in [5, 5.41) is 4.59. The highest BCUT2D eigenvalue weighted by Crippen LogP contribution is 2.25. The molecule has 0 radical (unpaired) electrons. The van der Waals surface area contributed by atoms with Crippen LogP contribution in [0.3, 0.4) is 0 Å². The van der Waals surface area contributed by atoms with Crippen LogP contribution in [0, 0.1) is 5.92 Å². The average Bonchev–Trinajstić information content (AvgIpc) is 3.26. The van der Waals surface area contributed by atoms with Crippen molar-refractivity contribution < 1.29 is 12.9 Å². The van der Waals surface area contributed by atoms with E-state index in [1.807, 2.05) is 13.1 Å². The van der Waals surface area contributed by atoms with Crippen LogP contribution in [0.2, 0.25) is 0 Å². The summed E-state index contributed by atoms with van der Waals surface area (Å²) in [5.41, 5.74) is 1.08. The molecule has 4 heterocycles. The molecule has 0 fully saturated rings. The molecule has 8 nitrogen and oxygen atoms in total. The Kier molecular flexibility index (Phi) is 4.28. The molecule has 9 heteroatoms. The standard InChI is InChI=1S/C17H21N5O3S/c1-3-15-14-8-13(9-19-17(14)25-20-15)26(23,24)21(2)10-12-4-5-16-18-6-7-22(16)11-12/h6-9,12H,3-5,10-11H2,1-2H3/t12-/m0/s1. The highest BCUT2D eigenvalue weighted by atomic mass is 32.2. The van der Waals surface area contributed by atoms with Crippen LogP contribution >= 0.6 is 0 Å². The monoisotopic (exact) mass is 375 g/mol. The third kappa shape index (κ3) is 2.90. The number of rotatable bonds is 5. The fourth-order valence-corrected chi connectivity index (χ4v) is 4.70. The predicted octanol–water partition coefficient (Wildman–Crippen LogP) is 1.86. The molecule has 1 aliphatic rings. The molecule has 0 amide bonds. The topological polar surface area (TPSA) is 94.1 Å². The summed E-state index contributed by atoms with van der Waals surface area (Å²) in [5.74, 6) is 1.33. The molecule has 0 unspecified atom stereocenters. The van der Waals surface area contributed by atoms with Gasteiger partial charge in [0.2, 0.25) is 10.0 Å². The summed E-state index contributed by atoms with van der Waals surface area (Å²) in [6.45, 7) is 3.19. The number of imidazole rings is 1. The van der Waals surface area contributed by atoms with E-state index in [4.69, 9.17) is 4.52 Å². The molecular formula is C17H21N5O3S. The quantitative estimate of drug-likeness (QED) is 0.676. The van der Waals surface area contributed by atoms with E-state index in [0.29, 0.717) is 29.8 Å². The summed E-state index contributed by atoms with van der Waals surface area (Å²) >= 11 is 0. The Bertz CT molecular complexity index is 1040. The SMILES string of the molecule is CCc1noc2ncc(S(=O)(=O)N(C)C[C@@H]3CCc4nccn4C3)cc12. The van der Waals surface area contributed by atoms with Gasteiger partial charge < -0.3 is 9.09 Å². The molecule has 1 atom stereocenters. The van der Waals surface area contributed by atoms with Gasteiger partial charge in [0, 0.05) is 39.0 Å². The van der Waals surface area contributed by atoms with E-state index in [0.717, 1.165) is 25.2 Å². The number of sulfonamides is 1. The Labute approximate surface area is 151 Å². The van der Waals surface area contributed by atoms with E-state index < -0.39 is 10.0 Å². The van der Waals surface area contributed by atoms with Gasteiger partial charge in [-0.1, -0.05) is 12.1 Å². The molecule has 3 aromatic rings. The van der Waals surface area contributed by atoms with E-state index in [9.17, 15) is 8.42 Å². The number of nitrogens with zero attached hydrogens (tertiary/aromatic N) is 5. The summed E-state index contributed by atoms with van der Waals surface area (Å²) in [6, 6.07) is 1.61. The molecule has 0 aliphatic carbocycles. The Morgan fingerprint density at radius 1 is 1.38 bits per heavy atom. The molecule has 138 valence electrons. The number of hydrogen-bond donors (Lipinski definition) is 0. The van der Waals surface area contributed by atoms with Gasteiger partial charge in [-0.25, -0.2) is 22.7 Å². The summed E-state index contributed by atoms with van der Waals surface area (Å²) in [6.07, 6.45) is 7.55. The van der Waals surface area contributed by atoms with Crippen LogP contribution in [0.15, 0.2) is 34.1 Å². The largest absolute Gasteiger partial charge is 0.336 e. The molecule has 3 aromatic heterocycles. The zero-order valence-corrected chi connectivity index (χ0v) is 15.6. The van der Waals surface area contributed by atoms with Gasteiger partial charge in [-0.3, -0.25) is 0 Å². The van der Waals surface area contributed by atoms with Crippen molar-refractivity contribution in [3.8, 4) is 0 Å². The van der Waals surface area contributed by atoms with Gasteiger partial charge in [-0.05, 0) is 24.8 Å². The highest BCUT2D eigenvalue weighted by Gasteiger charge is 2.27. The van der Waals surface area contributed by atoms with Crippen molar-refractivity contribution in [1.29, 1.82) is 0 Å². The zero-order valence-electron chi connectivity index (χ0n) is 14.8. The summed E-state index contributed by atoms with van der Waals surface area (Å²) in [7, 11) is -2.00. The van der Waals surface area contributed by atoms with Gasteiger partial charge in [0.15, 0.2) is 0 Å². The number of aromatic nitrogens is 4. The molecule has 0 N–H and O–H groups in total. The minimum atomic E-state index is -3.62. The normalized spacial score (nSPS) is 17.7. The third-order valence-electron chi connectivity index (χ3n) is 4.97. The lowest BCUT2D eigenvalue weighted by atomic mass is 10.00. The van der Waals surface area contributed by atoms with Crippen LogP contribution in [-0.4, -0.2) is 46.0 Å². The van der Waals surface area contributed by atoms with Crippen molar-refractivity contribution >= 4 is 21.1 Å². The van der Waals surface area contributed by atoms with Crippen molar-refractivity contribution in [3.05, 3.63) is 36.2 Å². The van der Waals surface area contributed by atoms with Crippen molar-refractivity contribution in [3.63, 3.8) is 0 Å². The van der Waals surface area contributed by atoms with E-state index in [1.165, 1.54) is 10.5 Å². The van der Waals surface area contributed by atoms with Crippen LogP contribution in [0.25, 0.3) is 11.1 Å². The molecule has 0 saturated heterocycles. The first-order chi connectivity index (χ1) is 12.5. The molecule has 0 saturated carbocycles. The maximum Gasteiger partial charge on any atom is 0.258 e. The summed E-state index contributed by atoms with van der Waals surface area (Å²) < 4.78 is 34.6. The fourth-order valence-electron chi connectivity index (χ4n) is 3.48. The first-order valence-corrected chi connectivity index (χ1v) is 10.1. The molecule has 4 rings (SSSR count). The number of hydrogen-bond acceptors (Lipinski definition) is 6. The maximum absolute atomic E-state index is 13.0. The fraction of sp³-hybridized carbons (Fsp3) is 0.471. The molecule has 26 heavy (non-hydrogen) atoms. The Hall–Kier alpha value is -2.26. The molecule has 0 aromatic carbocycles. The minimum absolute atomic E-state index is 0.171. The smallest absolute Gasteiger partial charge is 0.258 e. The average molecular weight is 375 g/mol. The second-order valence-corrected chi connectivity index (χ2v) is 8.74. The number of aryl methyl sites for hydroxylation is 2. The third-order valence-corrected chi connectivity index (χ3v) is 6.76. The van der Waals surface area contributed by atoms with Gasteiger partial charge >= 0.3 is 0 Å². The Morgan fingerprint density at radius 2 is 2.23 bits per heavy atom. The second kappa shape index (κ2) is 6.48. The van der Waals surface area contributed by atoms with E-state index in [-0.39, 0.29) is 10.8 Å². The molecule has 0 bridgehead atoms. The first-order valence-electron chi connectivity index (χ1n) is 8.69. The number of fused-ring (bicyclic) bond motifs is 2. The van der Waals surface area contributed by atoms with Crippen molar-refractivity contribution in [1.82, 2.24) is 24.0 Å². The Morgan fingerprint density at radius 3 is 3.04 bits per heavy atom. The predicted molar refractivity (Wildman–Crippen MR) is 95.0 cm³/mol. The van der Waals surface area contributed by atoms with Crippen LogP contribution in [-0.2, 0) is 29.4 Å². The van der Waals surface area contributed by atoms with Crippen molar-refractivity contribution in [2.45, 2.75) is 37.6 Å². The molecular weight excluding hydrogens is 354 g/mol. The van der Waals surface area contributed by atoms with Crippen molar-refractivity contribution in [2.24, 2.45) is 5.92 Å². The zero-order chi connectivity index (χ0) is 18.3. The lowest BCUT2D eigenvalue weighted by Gasteiger charge is -2.27. The maximum atomic E-state index is 13.0. The number of pyridine rings is 1. The van der Waals surface area contributed by atoms with Gasteiger partial charge in [-0.2, -0.15) is 0 Å². The van der Waals surface area contributed by atoms with E-state index in [2.05, 4.69) is 19.7 Å². The Balaban J connectivity index is 1.56. The van der Waals surface area contributed by atoms with Gasteiger partial charge in [-0.15, -0.1) is 0 Å². The van der Waals surface area contributed by atoms with Crippen molar-refractivity contribution in [2.75, 3.05) is 13.6 Å².